The second kappa shape index (κ2) is 6.41. The lowest BCUT2D eigenvalue weighted by Crippen LogP contribution is -2.13. The van der Waals surface area contributed by atoms with Crippen LogP contribution in [0.1, 0.15) is 5.56 Å². The Morgan fingerprint density at radius 3 is 2.43 bits per heavy atom. The number of aliphatic hydroxyl groups is 1. The third-order valence-electron chi connectivity index (χ3n) is 1.09. The molecular weight excluding hydrogens is 211 g/mol. The standard InChI is InChI=1S/C5H7N3O2.H4NO2P/c6-4-3(2-9)1-7-5(10)8-4;1-4(2)3/h1,9H,2H2,(H3,6,7,8,10);2-3H,1H2. The first kappa shape index (κ1) is 12.9. The van der Waals surface area contributed by atoms with Crippen LogP contribution < -0.4 is 16.9 Å². The molecule has 0 bridgehead atoms. The summed E-state index contributed by atoms with van der Waals surface area (Å²) in [4.78, 5) is 31.0. The van der Waals surface area contributed by atoms with Crippen LogP contribution in [-0.2, 0) is 6.61 Å². The number of aromatic amines is 1. The Balaban J connectivity index is 0.000000364. The summed E-state index contributed by atoms with van der Waals surface area (Å²) in [5, 5.41) is 8.57. The van der Waals surface area contributed by atoms with Gasteiger partial charge in [0.2, 0.25) is 8.53 Å². The lowest BCUT2D eigenvalue weighted by molar-refractivity contribution is 0.281. The van der Waals surface area contributed by atoms with E-state index in [9.17, 15) is 4.79 Å². The molecule has 0 saturated carbocycles. The topological polar surface area (TPSA) is 158 Å². The van der Waals surface area contributed by atoms with E-state index in [4.69, 9.17) is 20.6 Å². The number of hydrogen-bond acceptors (Lipinski definition) is 7. The van der Waals surface area contributed by atoms with E-state index in [1.807, 2.05) is 0 Å². The number of hydrogen-bond donors (Lipinski definition) is 6. The zero-order valence-electron chi connectivity index (χ0n) is 7.08. The van der Waals surface area contributed by atoms with E-state index in [-0.39, 0.29) is 12.4 Å². The molecule has 8 nitrogen and oxygen atoms in total. The van der Waals surface area contributed by atoms with Crippen LogP contribution in [0, 0.1) is 0 Å². The first-order valence-electron chi connectivity index (χ1n) is 3.35. The summed E-state index contributed by atoms with van der Waals surface area (Å²) in [5.74, 6) is 0.0752. The second-order valence-corrected chi connectivity index (χ2v) is 2.74. The van der Waals surface area contributed by atoms with Crippen molar-refractivity contribution in [2.75, 3.05) is 5.73 Å². The van der Waals surface area contributed by atoms with Crippen molar-refractivity contribution in [3.05, 3.63) is 22.2 Å². The van der Waals surface area contributed by atoms with Crippen LogP contribution in [0.5, 0.6) is 0 Å². The largest absolute Gasteiger partial charge is 0.391 e. The van der Waals surface area contributed by atoms with E-state index in [1.165, 1.54) is 6.20 Å². The van der Waals surface area contributed by atoms with Crippen molar-refractivity contribution in [3.63, 3.8) is 0 Å². The molecule has 8 N–H and O–H groups in total. The fraction of sp³-hybridized carbons (Fsp3) is 0.200. The van der Waals surface area contributed by atoms with Gasteiger partial charge in [-0.05, 0) is 0 Å². The molecule has 0 aromatic carbocycles. The summed E-state index contributed by atoms with van der Waals surface area (Å²) in [6.07, 6.45) is 1.34. The van der Waals surface area contributed by atoms with E-state index >= 15 is 0 Å². The van der Waals surface area contributed by atoms with Gasteiger partial charge in [-0.25, -0.2) is 4.79 Å². The maximum absolute atomic E-state index is 10.4. The number of aromatic nitrogens is 2. The smallest absolute Gasteiger partial charge is 0.346 e. The van der Waals surface area contributed by atoms with E-state index < -0.39 is 14.2 Å². The molecular formula is C5H11N4O4P. The van der Waals surface area contributed by atoms with E-state index in [2.05, 4.69) is 15.5 Å². The van der Waals surface area contributed by atoms with E-state index in [0.29, 0.717) is 5.56 Å². The molecule has 0 saturated heterocycles. The van der Waals surface area contributed by atoms with Crippen LogP contribution in [0.25, 0.3) is 0 Å². The van der Waals surface area contributed by atoms with Crippen LogP contribution in [-0.4, -0.2) is 24.9 Å². The Morgan fingerprint density at radius 2 is 2.07 bits per heavy atom. The Bertz CT molecular complexity index is 325. The first-order valence-corrected chi connectivity index (χ1v) is 4.66. The van der Waals surface area contributed by atoms with Crippen LogP contribution >= 0.6 is 8.53 Å². The second-order valence-electron chi connectivity index (χ2n) is 2.09. The molecule has 9 heteroatoms. The monoisotopic (exact) mass is 222 g/mol. The average Bonchev–Trinajstić information content (AvgIpc) is 2.03. The Hall–Kier alpha value is -1.05. The summed E-state index contributed by atoms with van der Waals surface area (Å²) in [7, 11) is -2.12. The zero-order valence-corrected chi connectivity index (χ0v) is 7.98. The molecule has 0 aliphatic rings. The van der Waals surface area contributed by atoms with E-state index in [1.54, 1.807) is 0 Å². The molecule has 0 fully saturated rings. The van der Waals surface area contributed by atoms with Crippen molar-refractivity contribution in [1.29, 1.82) is 0 Å². The maximum atomic E-state index is 10.4. The highest BCUT2D eigenvalue weighted by Crippen LogP contribution is 2.05. The maximum Gasteiger partial charge on any atom is 0.346 e. The molecule has 1 heterocycles. The molecule has 1 rings (SSSR count). The Kier molecular flexibility index (Phi) is 5.93. The predicted octanol–water partition coefficient (Wildman–Crippen LogP) is -2.00. The fourth-order valence-corrected chi connectivity index (χ4v) is 0.563. The third kappa shape index (κ3) is 5.57. The number of H-pyrrole nitrogens is 1. The molecule has 1 aromatic rings. The molecule has 0 amide bonds. The molecule has 0 atom stereocenters. The highest BCUT2D eigenvalue weighted by molar-refractivity contribution is 7.42. The minimum atomic E-state index is -2.12. The quantitative estimate of drug-likeness (QED) is 0.300. The van der Waals surface area contributed by atoms with Gasteiger partial charge in [0.05, 0.1) is 6.61 Å². The number of nitrogen functional groups attached to an aromatic ring is 1. The van der Waals surface area contributed by atoms with Gasteiger partial charge in [-0.15, -0.1) is 0 Å². The number of aliphatic hydroxyl groups excluding tert-OH is 1. The van der Waals surface area contributed by atoms with Gasteiger partial charge in [0, 0.05) is 11.8 Å². The summed E-state index contributed by atoms with van der Waals surface area (Å²) >= 11 is 0. The van der Waals surface area contributed by atoms with Gasteiger partial charge in [-0.1, -0.05) is 0 Å². The lowest BCUT2D eigenvalue weighted by atomic mass is 10.3. The lowest BCUT2D eigenvalue weighted by Gasteiger charge is -1.96. The van der Waals surface area contributed by atoms with Crippen LogP contribution in [0.4, 0.5) is 5.82 Å². The molecule has 0 spiro atoms. The normalized spacial score (nSPS) is 9.50. The Morgan fingerprint density at radius 1 is 1.57 bits per heavy atom. The molecule has 1 aromatic heterocycles. The van der Waals surface area contributed by atoms with Crippen molar-refractivity contribution in [2.24, 2.45) is 5.50 Å². The molecule has 14 heavy (non-hydrogen) atoms. The Labute approximate surface area is 80.2 Å². The fourth-order valence-electron chi connectivity index (χ4n) is 0.563. The highest BCUT2D eigenvalue weighted by Gasteiger charge is 1.97. The molecule has 0 aliphatic carbocycles. The minimum Gasteiger partial charge on any atom is -0.391 e. The number of nitrogens with one attached hydrogen (secondary N) is 1. The van der Waals surface area contributed by atoms with Crippen molar-refractivity contribution in [2.45, 2.75) is 6.61 Å². The van der Waals surface area contributed by atoms with Gasteiger partial charge in [-0.2, -0.15) is 4.98 Å². The number of nitrogens with zero attached hydrogens (tertiary/aromatic N) is 1. The third-order valence-corrected chi connectivity index (χ3v) is 1.09. The van der Waals surface area contributed by atoms with Gasteiger partial charge < -0.3 is 25.6 Å². The van der Waals surface area contributed by atoms with Gasteiger partial charge in [0.15, 0.2) is 0 Å². The van der Waals surface area contributed by atoms with Crippen LogP contribution in [0.15, 0.2) is 11.0 Å². The summed E-state index contributed by atoms with van der Waals surface area (Å²) < 4.78 is 0. The van der Waals surface area contributed by atoms with Crippen molar-refractivity contribution >= 4 is 14.3 Å². The van der Waals surface area contributed by atoms with Crippen LogP contribution in [0.2, 0.25) is 0 Å². The molecule has 0 aliphatic heterocycles. The van der Waals surface area contributed by atoms with Crippen LogP contribution in [0.3, 0.4) is 0 Å². The zero-order chi connectivity index (χ0) is 11.1. The minimum absolute atomic E-state index is 0.0752. The van der Waals surface area contributed by atoms with E-state index in [0.717, 1.165) is 0 Å². The number of rotatable bonds is 1. The molecule has 0 radical (unpaired) electrons. The average molecular weight is 222 g/mol. The van der Waals surface area contributed by atoms with Gasteiger partial charge >= 0.3 is 5.69 Å². The summed E-state index contributed by atoms with van der Waals surface area (Å²) in [5.41, 5.74) is 9.45. The SMILES string of the molecule is NP(O)O.Nc1nc(=O)[nH]cc1CO. The number of nitrogens with two attached hydrogens (primary N) is 2. The predicted molar refractivity (Wildman–Crippen MR) is 50.7 cm³/mol. The number of anilines is 1. The molecule has 0 unspecified atom stereocenters. The summed E-state index contributed by atoms with van der Waals surface area (Å²) in [6, 6.07) is 0. The molecule has 80 valence electrons. The first-order chi connectivity index (χ1) is 6.47. The van der Waals surface area contributed by atoms with Gasteiger partial charge in [0.25, 0.3) is 0 Å². The van der Waals surface area contributed by atoms with Gasteiger partial charge in [0.1, 0.15) is 5.82 Å². The van der Waals surface area contributed by atoms with Gasteiger partial charge in [-0.3, -0.25) is 5.50 Å². The highest BCUT2D eigenvalue weighted by atomic mass is 31.2. The van der Waals surface area contributed by atoms with Crippen molar-refractivity contribution in [1.82, 2.24) is 9.97 Å². The van der Waals surface area contributed by atoms with Crippen molar-refractivity contribution < 1.29 is 14.9 Å². The summed E-state index contributed by atoms with van der Waals surface area (Å²) in [6.45, 7) is -0.213. The van der Waals surface area contributed by atoms with Crippen molar-refractivity contribution in [3.8, 4) is 0 Å².